The molecule has 1 aromatic heterocycles. The predicted octanol–water partition coefficient (Wildman–Crippen LogP) is 2.82. The molecule has 2 aliphatic rings. The molecule has 3 heterocycles. The molecule has 2 saturated heterocycles. The number of anilines is 3. The smallest absolute Gasteiger partial charge is 0.321 e. The summed E-state index contributed by atoms with van der Waals surface area (Å²) in [6, 6.07) is 12.9. The van der Waals surface area contributed by atoms with E-state index in [2.05, 4.69) is 16.4 Å². The highest BCUT2D eigenvalue weighted by atomic mass is 16.2. The lowest BCUT2D eigenvalue weighted by atomic mass is 10.1. The summed E-state index contributed by atoms with van der Waals surface area (Å²) in [5.41, 5.74) is 2.04. The van der Waals surface area contributed by atoms with Gasteiger partial charge in [-0.25, -0.2) is 9.78 Å². The van der Waals surface area contributed by atoms with Gasteiger partial charge in [0.2, 0.25) is 5.91 Å². The number of nitriles is 1. The molecule has 8 nitrogen and oxygen atoms in total. The van der Waals surface area contributed by atoms with Gasteiger partial charge in [-0.2, -0.15) is 5.26 Å². The van der Waals surface area contributed by atoms with Crippen molar-refractivity contribution in [2.45, 2.75) is 19.3 Å². The second-order valence-corrected chi connectivity index (χ2v) is 7.44. The molecule has 0 saturated carbocycles. The minimum absolute atomic E-state index is 0.132. The lowest BCUT2D eigenvalue weighted by Gasteiger charge is -2.35. The molecule has 0 aliphatic carbocycles. The molecule has 0 atom stereocenters. The van der Waals surface area contributed by atoms with Crippen LogP contribution in [0.1, 0.15) is 24.8 Å². The Morgan fingerprint density at radius 3 is 2.67 bits per heavy atom. The van der Waals surface area contributed by atoms with E-state index in [1.807, 2.05) is 29.2 Å². The molecule has 154 valence electrons. The topological polar surface area (TPSA) is 92.6 Å². The maximum atomic E-state index is 12.7. The largest absolute Gasteiger partial charge is 0.352 e. The summed E-state index contributed by atoms with van der Waals surface area (Å²) in [6.45, 7) is 3.02. The number of piperazine rings is 1. The SMILES string of the molecule is N#Cc1cccnc1N1CCN(C(=O)Nc2cccc(N3CCCCC3=O)c2)CC1. The summed E-state index contributed by atoms with van der Waals surface area (Å²) < 4.78 is 0. The molecule has 4 rings (SSSR count). The first-order valence-electron chi connectivity index (χ1n) is 10.2. The fraction of sp³-hybridized carbons (Fsp3) is 0.364. The van der Waals surface area contributed by atoms with E-state index < -0.39 is 0 Å². The Kier molecular flexibility index (Phi) is 5.80. The van der Waals surface area contributed by atoms with Gasteiger partial charge >= 0.3 is 6.03 Å². The van der Waals surface area contributed by atoms with Crippen molar-refractivity contribution in [3.63, 3.8) is 0 Å². The van der Waals surface area contributed by atoms with E-state index in [0.717, 1.165) is 25.1 Å². The lowest BCUT2D eigenvalue weighted by Crippen LogP contribution is -2.50. The molecular weight excluding hydrogens is 380 g/mol. The molecule has 0 radical (unpaired) electrons. The molecule has 3 amide bonds. The Morgan fingerprint density at radius 2 is 1.90 bits per heavy atom. The number of benzene rings is 1. The quantitative estimate of drug-likeness (QED) is 0.849. The van der Waals surface area contributed by atoms with Gasteiger partial charge in [0.1, 0.15) is 11.9 Å². The predicted molar refractivity (Wildman–Crippen MR) is 114 cm³/mol. The molecule has 30 heavy (non-hydrogen) atoms. The minimum Gasteiger partial charge on any atom is -0.352 e. The average molecular weight is 404 g/mol. The standard InChI is InChI=1S/C22H24N6O2/c23-16-17-5-4-9-24-21(17)26-11-13-27(14-12-26)22(30)25-18-6-3-7-19(15-18)28-10-2-1-8-20(28)29/h3-7,9,15H,1-2,8,10-14H2,(H,25,30). The number of pyridine rings is 1. The van der Waals surface area contributed by atoms with Gasteiger partial charge in [-0.15, -0.1) is 0 Å². The van der Waals surface area contributed by atoms with E-state index in [9.17, 15) is 14.9 Å². The van der Waals surface area contributed by atoms with Gasteiger partial charge in [0, 0.05) is 56.7 Å². The van der Waals surface area contributed by atoms with Crippen molar-refractivity contribution in [2.75, 3.05) is 47.8 Å². The summed E-state index contributed by atoms with van der Waals surface area (Å²) in [6.07, 6.45) is 4.18. The number of aromatic nitrogens is 1. The third-order valence-electron chi connectivity index (χ3n) is 5.51. The van der Waals surface area contributed by atoms with E-state index in [0.29, 0.717) is 49.7 Å². The minimum atomic E-state index is -0.168. The summed E-state index contributed by atoms with van der Waals surface area (Å²) in [4.78, 5) is 34.8. The van der Waals surface area contributed by atoms with Crippen LogP contribution in [0.5, 0.6) is 0 Å². The number of hydrogen-bond acceptors (Lipinski definition) is 5. The Morgan fingerprint density at radius 1 is 1.07 bits per heavy atom. The molecule has 2 fully saturated rings. The van der Waals surface area contributed by atoms with Crippen LogP contribution in [0.3, 0.4) is 0 Å². The number of nitrogens with one attached hydrogen (secondary N) is 1. The van der Waals surface area contributed by atoms with Crippen molar-refractivity contribution in [3.05, 3.63) is 48.2 Å². The van der Waals surface area contributed by atoms with Gasteiger partial charge in [0.15, 0.2) is 0 Å². The van der Waals surface area contributed by atoms with Crippen molar-refractivity contribution in [2.24, 2.45) is 0 Å². The van der Waals surface area contributed by atoms with Gasteiger partial charge < -0.3 is 20.0 Å². The molecule has 1 aromatic carbocycles. The molecule has 1 N–H and O–H groups in total. The van der Waals surface area contributed by atoms with Crippen LogP contribution in [-0.4, -0.2) is 54.5 Å². The first kappa shape index (κ1) is 19.7. The van der Waals surface area contributed by atoms with Gasteiger partial charge in [-0.3, -0.25) is 4.79 Å². The van der Waals surface area contributed by atoms with Crippen molar-refractivity contribution in [1.82, 2.24) is 9.88 Å². The normalized spacial score (nSPS) is 16.9. The molecule has 0 unspecified atom stereocenters. The van der Waals surface area contributed by atoms with Crippen molar-refractivity contribution >= 4 is 29.1 Å². The van der Waals surface area contributed by atoms with E-state index in [-0.39, 0.29) is 11.9 Å². The Labute approximate surface area is 175 Å². The van der Waals surface area contributed by atoms with E-state index in [4.69, 9.17) is 0 Å². The number of carbonyl (C=O) groups excluding carboxylic acids is 2. The Balaban J connectivity index is 1.37. The second kappa shape index (κ2) is 8.82. The number of nitrogens with zero attached hydrogens (tertiary/aromatic N) is 5. The van der Waals surface area contributed by atoms with Gasteiger partial charge in [0.25, 0.3) is 0 Å². The van der Waals surface area contributed by atoms with Gasteiger partial charge in [-0.1, -0.05) is 6.07 Å². The number of piperidine rings is 1. The Bertz CT molecular complexity index is 978. The number of carbonyl (C=O) groups is 2. The maximum absolute atomic E-state index is 12.7. The van der Waals surface area contributed by atoms with Gasteiger partial charge in [0.05, 0.1) is 5.56 Å². The van der Waals surface area contributed by atoms with Crippen LogP contribution in [0.25, 0.3) is 0 Å². The van der Waals surface area contributed by atoms with Crippen LogP contribution < -0.4 is 15.1 Å². The molecule has 0 bridgehead atoms. The molecule has 2 aliphatic heterocycles. The second-order valence-electron chi connectivity index (χ2n) is 7.44. The number of rotatable bonds is 3. The third kappa shape index (κ3) is 4.20. The monoisotopic (exact) mass is 404 g/mol. The molecular formula is C22H24N6O2. The van der Waals surface area contributed by atoms with E-state index >= 15 is 0 Å². The lowest BCUT2D eigenvalue weighted by molar-refractivity contribution is -0.119. The number of urea groups is 1. The highest BCUT2D eigenvalue weighted by Gasteiger charge is 2.24. The van der Waals surface area contributed by atoms with Crippen LogP contribution in [0.2, 0.25) is 0 Å². The maximum Gasteiger partial charge on any atom is 0.321 e. The fourth-order valence-corrected chi connectivity index (χ4v) is 3.89. The van der Waals surface area contributed by atoms with Crippen molar-refractivity contribution in [1.29, 1.82) is 5.26 Å². The zero-order chi connectivity index (χ0) is 20.9. The number of amides is 3. The Hall–Kier alpha value is -3.60. The van der Waals surface area contributed by atoms with Crippen LogP contribution in [0.15, 0.2) is 42.6 Å². The first-order chi connectivity index (χ1) is 14.7. The zero-order valence-corrected chi connectivity index (χ0v) is 16.8. The molecule has 2 aromatic rings. The highest BCUT2D eigenvalue weighted by molar-refractivity contribution is 5.95. The van der Waals surface area contributed by atoms with E-state index in [1.165, 1.54) is 0 Å². The first-order valence-corrected chi connectivity index (χ1v) is 10.2. The summed E-state index contributed by atoms with van der Waals surface area (Å²) >= 11 is 0. The van der Waals surface area contributed by atoms with Crippen LogP contribution in [-0.2, 0) is 4.79 Å². The highest BCUT2D eigenvalue weighted by Crippen LogP contribution is 2.24. The fourth-order valence-electron chi connectivity index (χ4n) is 3.89. The average Bonchev–Trinajstić information content (AvgIpc) is 2.79. The summed E-state index contributed by atoms with van der Waals surface area (Å²) in [7, 11) is 0. The summed E-state index contributed by atoms with van der Waals surface area (Å²) in [5, 5.41) is 12.2. The zero-order valence-electron chi connectivity index (χ0n) is 16.8. The number of hydrogen-bond donors (Lipinski definition) is 1. The van der Waals surface area contributed by atoms with Crippen LogP contribution in [0.4, 0.5) is 22.0 Å². The summed E-state index contributed by atoms with van der Waals surface area (Å²) in [5.74, 6) is 0.797. The van der Waals surface area contributed by atoms with E-state index in [1.54, 1.807) is 28.1 Å². The van der Waals surface area contributed by atoms with Crippen LogP contribution >= 0.6 is 0 Å². The van der Waals surface area contributed by atoms with Crippen molar-refractivity contribution in [3.8, 4) is 6.07 Å². The van der Waals surface area contributed by atoms with Crippen LogP contribution in [0, 0.1) is 11.3 Å². The third-order valence-corrected chi connectivity index (χ3v) is 5.51. The molecule has 0 spiro atoms. The molecule has 8 heteroatoms. The van der Waals surface area contributed by atoms with Gasteiger partial charge in [-0.05, 0) is 43.2 Å². The van der Waals surface area contributed by atoms with Crippen molar-refractivity contribution < 1.29 is 9.59 Å².